The van der Waals surface area contributed by atoms with Crippen LogP contribution < -0.4 is 5.73 Å². The molecule has 0 saturated heterocycles. The smallest absolute Gasteiger partial charge is 0.131 e. The molecule has 0 aromatic heterocycles. The van der Waals surface area contributed by atoms with E-state index in [9.17, 15) is 8.78 Å². The van der Waals surface area contributed by atoms with Gasteiger partial charge in [-0.15, -0.1) is 0 Å². The molecule has 0 bridgehead atoms. The zero-order valence-corrected chi connectivity index (χ0v) is 8.89. The summed E-state index contributed by atoms with van der Waals surface area (Å²) in [7, 11) is 0. The van der Waals surface area contributed by atoms with Gasteiger partial charge in [-0.3, -0.25) is 0 Å². The van der Waals surface area contributed by atoms with E-state index >= 15 is 0 Å². The van der Waals surface area contributed by atoms with Gasteiger partial charge in [0.1, 0.15) is 11.6 Å². The van der Waals surface area contributed by atoms with E-state index in [1.54, 1.807) is 0 Å². The summed E-state index contributed by atoms with van der Waals surface area (Å²) in [5.41, 5.74) is 5.29. The summed E-state index contributed by atoms with van der Waals surface area (Å²) in [6.45, 7) is 4.06. The van der Waals surface area contributed by atoms with Crippen LogP contribution in [0.1, 0.15) is 19.4 Å². The number of halogens is 2. The van der Waals surface area contributed by atoms with Crippen molar-refractivity contribution in [1.29, 1.82) is 0 Å². The average Bonchev–Trinajstić information content (AvgIpc) is 2.16. The Bertz CT molecular complexity index is 339. The Hall–Kier alpha value is -1.00. The van der Waals surface area contributed by atoms with Crippen molar-refractivity contribution in [3.63, 3.8) is 0 Å². The van der Waals surface area contributed by atoms with Gasteiger partial charge in [-0.1, -0.05) is 6.07 Å². The first-order chi connectivity index (χ1) is 6.94. The summed E-state index contributed by atoms with van der Waals surface area (Å²) in [5, 5.41) is 0. The van der Waals surface area contributed by atoms with Crippen LogP contribution in [0.4, 0.5) is 8.78 Å². The fourth-order valence-electron chi connectivity index (χ4n) is 0.971. The van der Waals surface area contributed by atoms with Crippen LogP contribution in [0.2, 0.25) is 0 Å². The van der Waals surface area contributed by atoms with E-state index < -0.39 is 17.2 Å². The molecule has 1 aromatic carbocycles. The fraction of sp³-hybridized carbons (Fsp3) is 0.455. The van der Waals surface area contributed by atoms with Crippen LogP contribution in [0, 0.1) is 11.6 Å². The van der Waals surface area contributed by atoms with E-state index in [0.29, 0.717) is 12.1 Å². The highest BCUT2D eigenvalue weighted by Gasteiger charge is 2.16. The molecule has 0 aliphatic carbocycles. The van der Waals surface area contributed by atoms with E-state index in [0.717, 1.165) is 6.07 Å². The Balaban J connectivity index is 2.66. The van der Waals surface area contributed by atoms with E-state index in [1.807, 2.05) is 13.8 Å². The summed E-state index contributed by atoms with van der Waals surface area (Å²) in [6.07, 6.45) is 0. The molecule has 0 heterocycles. The first kappa shape index (κ1) is 12.1. The maximum absolute atomic E-state index is 13.2. The number of rotatable bonds is 4. The number of ether oxygens (including phenoxy) is 1. The van der Waals surface area contributed by atoms with E-state index in [-0.39, 0.29) is 6.61 Å². The van der Waals surface area contributed by atoms with Gasteiger partial charge in [-0.05, 0) is 19.9 Å². The second kappa shape index (κ2) is 4.68. The van der Waals surface area contributed by atoms with Gasteiger partial charge < -0.3 is 10.5 Å². The van der Waals surface area contributed by atoms with Gasteiger partial charge in [0.05, 0.1) is 12.2 Å². The molecular formula is C11H15F2NO. The molecule has 1 aromatic rings. The van der Waals surface area contributed by atoms with Gasteiger partial charge in [0, 0.05) is 18.2 Å². The van der Waals surface area contributed by atoms with Crippen molar-refractivity contribution in [2.24, 2.45) is 5.73 Å². The van der Waals surface area contributed by atoms with E-state index in [1.165, 1.54) is 12.1 Å². The van der Waals surface area contributed by atoms with Crippen LogP contribution in [0.25, 0.3) is 0 Å². The molecule has 0 amide bonds. The van der Waals surface area contributed by atoms with E-state index in [4.69, 9.17) is 10.5 Å². The lowest BCUT2D eigenvalue weighted by molar-refractivity contribution is -0.0233. The quantitative estimate of drug-likeness (QED) is 0.835. The van der Waals surface area contributed by atoms with Crippen LogP contribution in [0.3, 0.4) is 0 Å². The topological polar surface area (TPSA) is 35.2 Å². The molecular weight excluding hydrogens is 200 g/mol. The zero-order valence-electron chi connectivity index (χ0n) is 8.89. The Morgan fingerprint density at radius 1 is 1.33 bits per heavy atom. The van der Waals surface area contributed by atoms with Crippen LogP contribution in [0.15, 0.2) is 18.2 Å². The maximum atomic E-state index is 13.2. The van der Waals surface area contributed by atoms with Gasteiger partial charge in [0.15, 0.2) is 0 Å². The first-order valence-electron chi connectivity index (χ1n) is 4.72. The molecule has 2 nitrogen and oxygen atoms in total. The molecule has 84 valence electrons. The highest BCUT2D eigenvalue weighted by Crippen LogP contribution is 2.15. The van der Waals surface area contributed by atoms with Crippen molar-refractivity contribution in [1.82, 2.24) is 0 Å². The molecule has 2 N–H and O–H groups in total. The minimum absolute atomic E-state index is 0.0936. The number of hydrogen-bond donors (Lipinski definition) is 1. The van der Waals surface area contributed by atoms with Gasteiger partial charge in [-0.25, -0.2) is 8.78 Å². The normalized spacial score (nSPS) is 11.8. The second-order valence-electron chi connectivity index (χ2n) is 3.99. The van der Waals surface area contributed by atoms with Gasteiger partial charge in [0.25, 0.3) is 0 Å². The van der Waals surface area contributed by atoms with Crippen molar-refractivity contribution in [3.05, 3.63) is 35.4 Å². The van der Waals surface area contributed by atoms with Crippen LogP contribution in [-0.4, -0.2) is 12.1 Å². The Labute approximate surface area is 88.0 Å². The summed E-state index contributed by atoms with van der Waals surface area (Å²) >= 11 is 0. The molecule has 0 aliphatic heterocycles. The minimum atomic E-state index is -0.595. The van der Waals surface area contributed by atoms with E-state index in [2.05, 4.69) is 0 Å². The van der Waals surface area contributed by atoms with Crippen molar-refractivity contribution in [2.45, 2.75) is 26.1 Å². The number of hydrogen-bond acceptors (Lipinski definition) is 2. The summed E-state index contributed by atoms with van der Waals surface area (Å²) in [5.74, 6) is -1.18. The largest absolute Gasteiger partial charge is 0.369 e. The van der Waals surface area contributed by atoms with Crippen LogP contribution >= 0.6 is 0 Å². The Morgan fingerprint density at radius 2 is 2.00 bits per heavy atom. The van der Waals surface area contributed by atoms with Crippen molar-refractivity contribution < 1.29 is 13.5 Å². The third kappa shape index (κ3) is 3.57. The van der Waals surface area contributed by atoms with Crippen molar-refractivity contribution >= 4 is 0 Å². The molecule has 0 unspecified atom stereocenters. The predicted molar refractivity (Wildman–Crippen MR) is 54.3 cm³/mol. The Morgan fingerprint density at radius 3 is 2.53 bits per heavy atom. The fourth-order valence-corrected chi connectivity index (χ4v) is 0.971. The Kier molecular flexibility index (Phi) is 3.77. The average molecular weight is 215 g/mol. The van der Waals surface area contributed by atoms with Crippen LogP contribution in [0.5, 0.6) is 0 Å². The minimum Gasteiger partial charge on any atom is -0.369 e. The highest BCUT2D eigenvalue weighted by atomic mass is 19.1. The monoisotopic (exact) mass is 215 g/mol. The molecule has 0 spiro atoms. The molecule has 0 atom stereocenters. The van der Waals surface area contributed by atoms with Gasteiger partial charge in [0.2, 0.25) is 0 Å². The molecule has 0 aliphatic rings. The summed E-state index contributed by atoms with van der Waals surface area (Å²) < 4.78 is 31.2. The molecule has 1 rings (SSSR count). The van der Waals surface area contributed by atoms with Gasteiger partial charge >= 0.3 is 0 Å². The van der Waals surface area contributed by atoms with Crippen molar-refractivity contribution in [2.75, 3.05) is 6.54 Å². The molecule has 15 heavy (non-hydrogen) atoms. The number of benzene rings is 1. The SMILES string of the molecule is CC(C)(CN)OCc1ccc(F)cc1F. The zero-order chi connectivity index (χ0) is 11.5. The lowest BCUT2D eigenvalue weighted by atomic mass is 10.1. The summed E-state index contributed by atoms with van der Waals surface area (Å²) in [6, 6.07) is 3.42. The maximum Gasteiger partial charge on any atom is 0.131 e. The van der Waals surface area contributed by atoms with Crippen LogP contribution in [-0.2, 0) is 11.3 Å². The molecule has 0 fully saturated rings. The molecule has 0 radical (unpaired) electrons. The highest BCUT2D eigenvalue weighted by molar-refractivity contribution is 5.17. The second-order valence-corrected chi connectivity index (χ2v) is 3.99. The third-order valence-electron chi connectivity index (χ3n) is 2.13. The third-order valence-corrected chi connectivity index (χ3v) is 2.13. The lowest BCUT2D eigenvalue weighted by Crippen LogP contribution is -2.33. The summed E-state index contributed by atoms with van der Waals surface area (Å²) in [4.78, 5) is 0. The predicted octanol–water partition coefficient (Wildman–Crippen LogP) is 2.22. The van der Waals surface area contributed by atoms with Gasteiger partial charge in [-0.2, -0.15) is 0 Å². The first-order valence-corrected chi connectivity index (χ1v) is 4.72. The molecule has 0 saturated carbocycles. The standard InChI is InChI=1S/C11H15F2NO/c1-11(2,7-14)15-6-8-3-4-9(12)5-10(8)13/h3-5H,6-7,14H2,1-2H3. The lowest BCUT2D eigenvalue weighted by Gasteiger charge is -2.23. The number of nitrogens with two attached hydrogens (primary N) is 1. The van der Waals surface area contributed by atoms with Crippen molar-refractivity contribution in [3.8, 4) is 0 Å². The molecule has 4 heteroatoms.